The SMILES string of the molecule is CC1=C(C)CN(S(=O)(=O)c2ccc3ccccc3c2)[C@@H](/C=C/c2ccccc2)C1. The van der Waals surface area contributed by atoms with Crippen molar-refractivity contribution < 1.29 is 8.42 Å². The van der Waals surface area contributed by atoms with E-state index in [-0.39, 0.29) is 6.04 Å². The van der Waals surface area contributed by atoms with Crippen LogP contribution in [-0.4, -0.2) is 25.3 Å². The Morgan fingerprint density at radius 2 is 1.55 bits per heavy atom. The van der Waals surface area contributed by atoms with Crippen molar-refractivity contribution in [1.29, 1.82) is 0 Å². The van der Waals surface area contributed by atoms with Gasteiger partial charge in [0.05, 0.1) is 4.90 Å². The van der Waals surface area contributed by atoms with E-state index in [2.05, 4.69) is 6.92 Å². The molecule has 1 heterocycles. The molecule has 1 aliphatic heterocycles. The third-order valence-electron chi connectivity index (χ3n) is 5.64. The second-order valence-corrected chi connectivity index (χ2v) is 9.55. The van der Waals surface area contributed by atoms with Gasteiger partial charge in [-0.1, -0.05) is 84.0 Å². The lowest BCUT2D eigenvalue weighted by Gasteiger charge is -2.34. The molecule has 0 saturated carbocycles. The lowest BCUT2D eigenvalue weighted by atomic mass is 9.97. The second kappa shape index (κ2) is 7.97. The lowest BCUT2D eigenvalue weighted by Crippen LogP contribution is -2.43. The highest BCUT2D eigenvalue weighted by Gasteiger charge is 2.33. The van der Waals surface area contributed by atoms with Crippen LogP contribution < -0.4 is 0 Å². The Morgan fingerprint density at radius 3 is 2.31 bits per heavy atom. The van der Waals surface area contributed by atoms with Crippen molar-refractivity contribution >= 4 is 26.9 Å². The zero-order valence-electron chi connectivity index (χ0n) is 16.7. The molecule has 0 radical (unpaired) electrons. The van der Waals surface area contributed by atoms with Crippen LogP contribution in [0.15, 0.2) is 94.9 Å². The first-order chi connectivity index (χ1) is 13.9. The highest BCUT2D eigenvalue weighted by Crippen LogP contribution is 2.31. The van der Waals surface area contributed by atoms with Gasteiger partial charge in [-0.25, -0.2) is 8.42 Å². The van der Waals surface area contributed by atoms with Crippen molar-refractivity contribution in [2.45, 2.75) is 31.2 Å². The van der Waals surface area contributed by atoms with Gasteiger partial charge in [0.1, 0.15) is 0 Å². The molecule has 0 amide bonds. The van der Waals surface area contributed by atoms with Crippen molar-refractivity contribution in [2.24, 2.45) is 0 Å². The summed E-state index contributed by atoms with van der Waals surface area (Å²) in [4.78, 5) is 0.349. The molecular weight excluding hydrogens is 378 g/mol. The Morgan fingerprint density at radius 1 is 0.862 bits per heavy atom. The van der Waals surface area contributed by atoms with E-state index in [0.29, 0.717) is 17.9 Å². The van der Waals surface area contributed by atoms with Gasteiger partial charge in [-0.3, -0.25) is 0 Å². The number of sulfonamides is 1. The average Bonchev–Trinajstić information content (AvgIpc) is 2.74. The van der Waals surface area contributed by atoms with Crippen molar-refractivity contribution in [3.8, 4) is 0 Å². The zero-order valence-corrected chi connectivity index (χ0v) is 17.6. The first kappa shape index (κ1) is 19.6. The Bertz CT molecular complexity index is 1190. The van der Waals surface area contributed by atoms with Crippen molar-refractivity contribution in [3.63, 3.8) is 0 Å². The molecule has 0 N–H and O–H groups in total. The van der Waals surface area contributed by atoms with Crippen LogP contribution in [-0.2, 0) is 10.0 Å². The van der Waals surface area contributed by atoms with Gasteiger partial charge in [-0.05, 0) is 48.7 Å². The fourth-order valence-electron chi connectivity index (χ4n) is 3.75. The smallest absolute Gasteiger partial charge is 0.207 e. The minimum Gasteiger partial charge on any atom is -0.207 e. The molecule has 148 valence electrons. The summed E-state index contributed by atoms with van der Waals surface area (Å²) in [5, 5.41) is 1.97. The summed E-state index contributed by atoms with van der Waals surface area (Å²) < 4.78 is 28.8. The van der Waals surface area contributed by atoms with Gasteiger partial charge in [0.15, 0.2) is 0 Å². The van der Waals surface area contributed by atoms with Crippen molar-refractivity contribution in [1.82, 2.24) is 4.31 Å². The Labute approximate surface area is 173 Å². The summed E-state index contributed by atoms with van der Waals surface area (Å²) in [6.45, 7) is 4.54. The monoisotopic (exact) mass is 403 g/mol. The highest BCUT2D eigenvalue weighted by molar-refractivity contribution is 7.89. The minimum absolute atomic E-state index is 0.199. The Kier molecular flexibility index (Phi) is 5.39. The molecular formula is C25H25NO2S. The molecule has 1 atom stereocenters. The largest absolute Gasteiger partial charge is 0.243 e. The van der Waals surface area contributed by atoms with Gasteiger partial charge in [0.25, 0.3) is 0 Å². The van der Waals surface area contributed by atoms with Crippen LogP contribution in [0.4, 0.5) is 0 Å². The first-order valence-electron chi connectivity index (χ1n) is 9.84. The Hall–Kier alpha value is -2.69. The predicted octanol–water partition coefficient (Wildman–Crippen LogP) is 5.65. The van der Waals surface area contributed by atoms with Crippen LogP contribution in [0.25, 0.3) is 16.8 Å². The van der Waals surface area contributed by atoms with Gasteiger partial charge in [0, 0.05) is 12.6 Å². The highest BCUT2D eigenvalue weighted by atomic mass is 32.2. The standard InChI is InChI=1S/C25H25NO2S/c1-19-16-24(14-12-21-8-4-3-5-9-21)26(18-20(19)2)29(27,28)25-15-13-22-10-6-7-11-23(22)17-25/h3-15,17,24H,16,18H2,1-2H3/b14-12+/t24-/m0/s1. The van der Waals surface area contributed by atoms with Crippen LogP contribution in [0.1, 0.15) is 25.8 Å². The van der Waals surface area contributed by atoms with E-state index in [1.165, 1.54) is 5.57 Å². The van der Waals surface area contributed by atoms with Crippen LogP contribution in [0, 0.1) is 0 Å². The molecule has 3 aromatic rings. The summed E-state index contributed by atoms with van der Waals surface area (Å²) in [6.07, 6.45) is 4.74. The average molecular weight is 404 g/mol. The molecule has 4 rings (SSSR count). The van der Waals surface area contributed by atoms with E-state index in [0.717, 1.165) is 21.9 Å². The first-order valence-corrected chi connectivity index (χ1v) is 11.3. The maximum absolute atomic E-state index is 13.6. The minimum atomic E-state index is -3.62. The van der Waals surface area contributed by atoms with Gasteiger partial charge in [-0.15, -0.1) is 0 Å². The molecule has 4 heteroatoms. The molecule has 1 aliphatic rings. The molecule has 29 heavy (non-hydrogen) atoms. The maximum Gasteiger partial charge on any atom is 0.243 e. The topological polar surface area (TPSA) is 37.4 Å². The van der Waals surface area contributed by atoms with Gasteiger partial charge < -0.3 is 0 Å². The van der Waals surface area contributed by atoms with Crippen LogP contribution in [0.2, 0.25) is 0 Å². The second-order valence-electron chi connectivity index (χ2n) is 7.66. The van der Waals surface area contributed by atoms with Crippen LogP contribution in [0.3, 0.4) is 0 Å². The van der Waals surface area contributed by atoms with Gasteiger partial charge >= 0.3 is 0 Å². The molecule has 3 aromatic carbocycles. The van der Waals surface area contributed by atoms with E-state index in [4.69, 9.17) is 0 Å². The van der Waals surface area contributed by atoms with Crippen molar-refractivity contribution in [3.05, 3.63) is 95.6 Å². The predicted molar refractivity (Wildman–Crippen MR) is 120 cm³/mol. The van der Waals surface area contributed by atoms with E-state index in [1.54, 1.807) is 16.4 Å². The van der Waals surface area contributed by atoms with E-state index in [9.17, 15) is 8.42 Å². The summed E-state index contributed by atoms with van der Waals surface area (Å²) in [5.41, 5.74) is 3.45. The van der Waals surface area contributed by atoms with E-state index >= 15 is 0 Å². The number of rotatable bonds is 4. The molecule has 0 aromatic heterocycles. The number of hydrogen-bond acceptors (Lipinski definition) is 2. The fourth-order valence-corrected chi connectivity index (χ4v) is 5.40. The quantitative estimate of drug-likeness (QED) is 0.528. The summed E-state index contributed by atoms with van der Waals surface area (Å²) in [6, 6.07) is 23.0. The number of fused-ring (bicyclic) bond motifs is 1. The Balaban J connectivity index is 1.72. The third-order valence-corrected chi connectivity index (χ3v) is 7.51. The number of nitrogens with zero attached hydrogens (tertiary/aromatic N) is 1. The van der Waals surface area contributed by atoms with Crippen LogP contribution in [0.5, 0.6) is 0 Å². The third kappa shape index (κ3) is 4.04. The van der Waals surface area contributed by atoms with Crippen molar-refractivity contribution in [2.75, 3.05) is 6.54 Å². The zero-order chi connectivity index (χ0) is 20.4. The number of benzene rings is 3. The summed E-state index contributed by atoms with van der Waals surface area (Å²) >= 11 is 0. The lowest BCUT2D eigenvalue weighted by molar-refractivity contribution is 0.363. The molecule has 0 fully saturated rings. The molecule has 0 saturated heterocycles. The molecule has 0 spiro atoms. The van der Waals surface area contributed by atoms with E-state index < -0.39 is 10.0 Å². The number of hydrogen-bond donors (Lipinski definition) is 0. The van der Waals surface area contributed by atoms with E-state index in [1.807, 2.05) is 79.7 Å². The molecule has 0 unspecified atom stereocenters. The fraction of sp³-hybridized carbons (Fsp3) is 0.200. The normalized spacial score (nSPS) is 18.6. The van der Waals surface area contributed by atoms with Gasteiger partial charge in [-0.2, -0.15) is 4.31 Å². The molecule has 3 nitrogen and oxygen atoms in total. The molecule has 0 bridgehead atoms. The summed E-state index contributed by atoms with van der Waals surface area (Å²) in [5.74, 6) is 0. The van der Waals surface area contributed by atoms with Crippen LogP contribution >= 0.6 is 0 Å². The summed E-state index contributed by atoms with van der Waals surface area (Å²) in [7, 11) is -3.62. The molecule has 0 aliphatic carbocycles. The van der Waals surface area contributed by atoms with Gasteiger partial charge in [0.2, 0.25) is 10.0 Å². The maximum atomic E-state index is 13.6.